The van der Waals surface area contributed by atoms with Crippen LogP contribution in [0.15, 0.2) is 58.8 Å². The molecule has 0 aliphatic rings. The minimum atomic E-state index is -3.95. The van der Waals surface area contributed by atoms with E-state index in [9.17, 15) is 13.2 Å². The molecule has 0 bridgehead atoms. The summed E-state index contributed by atoms with van der Waals surface area (Å²) >= 11 is 6.63. The molecule has 0 spiro atoms. The molecule has 3 N–H and O–H groups in total. The number of thiocarbonyl (C=S) groups is 1. The largest absolute Gasteiger partial charge is 0.481 e. The second-order valence-corrected chi connectivity index (χ2v) is 9.27. The Hall–Kier alpha value is -3.55. The number of nitrogens with zero attached hydrogens (tertiary/aromatic N) is 2. The average molecular weight is 506 g/mol. The number of thiophene rings is 1. The zero-order valence-corrected chi connectivity index (χ0v) is 19.9. The van der Waals surface area contributed by atoms with Crippen LogP contribution in [0.5, 0.6) is 11.9 Å². The van der Waals surface area contributed by atoms with Crippen molar-refractivity contribution in [3.8, 4) is 11.9 Å². The van der Waals surface area contributed by atoms with Crippen molar-refractivity contribution in [2.45, 2.75) is 4.90 Å². The van der Waals surface area contributed by atoms with E-state index in [-0.39, 0.29) is 33.6 Å². The van der Waals surface area contributed by atoms with E-state index in [2.05, 4.69) is 25.3 Å². The molecule has 13 heteroatoms. The number of ether oxygens (including phenoxy) is 2. The van der Waals surface area contributed by atoms with Gasteiger partial charge in [0.05, 0.1) is 19.1 Å². The number of nitrogens with one attached hydrogen (secondary N) is 3. The fourth-order valence-corrected chi connectivity index (χ4v) is 4.25. The summed E-state index contributed by atoms with van der Waals surface area (Å²) in [6, 6.07) is 10.8. The summed E-state index contributed by atoms with van der Waals surface area (Å²) in [5.41, 5.74) is 0.492. The Morgan fingerprint density at radius 2 is 1.88 bits per heavy atom. The fraction of sp³-hybridized carbons (Fsp3) is 0.100. The van der Waals surface area contributed by atoms with Crippen LogP contribution < -0.4 is 24.8 Å². The maximum Gasteiger partial charge on any atom is 0.321 e. The number of methoxy groups -OCH3 is 2. The van der Waals surface area contributed by atoms with Crippen LogP contribution in [0.1, 0.15) is 4.88 Å². The second-order valence-electron chi connectivity index (χ2n) is 6.20. The van der Waals surface area contributed by atoms with Crippen molar-refractivity contribution >= 4 is 62.2 Å². The van der Waals surface area contributed by atoms with Gasteiger partial charge in [0.2, 0.25) is 11.8 Å². The number of benzene rings is 1. The van der Waals surface area contributed by atoms with Crippen LogP contribution in [0.4, 0.5) is 11.5 Å². The van der Waals surface area contributed by atoms with Crippen molar-refractivity contribution in [3.63, 3.8) is 0 Å². The molecule has 3 aromatic rings. The van der Waals surface area contributed by atoms with Crippen molar-refractivity contribution in [1.29, 1.82) is 0 Å². The molecule has 10 nitrogen and oxygen atoms in total. The van der Waals surface area contributed by atoms with Crippen LogP contribution in [0.2, 0.25) is 0 Å². The molecule has 3 rings (SSSR count). The molecule has 0 radical (unpaired) electrons. The average Bonchev–Trinajstić information content (AvgIpc) is 3.31. The van der Waals surface area contributed by atoms with Gasteiger partial charge in [0.25, 0.3) is 10.0 Å². The summed E-state index contributed by atoms with van der Waals surface area (Å²) in [4.78, 5) is 20.7. The van der Waals surface area contributed by atoms with Crippen LogP contribution in [0, 0.1) is 0 Å². The Morgan fingerprint density at radius 1 is 1.12 bits per heavy atom. The summed E-state index contributed by atoms with van der Waals surface area (Å²) in [6.07, 6.45) is 3.05. The first-order valence-electron chi connectivity index (χ1n) is 9.22. The normalized spacial score (nSPS) is 11.1. The molecule has 0 saturated heterocycles. The number of sulfonamides is 1. The van der Waals surface area contributed by atoms with Crippen LogP contribution in [0.25, 0.3) is 6.08 Å². The number of hydrogen-bond acceptors (Lipinski definition) is 9. The summed E-state index contributed by atoms with van der Waals surface area (Å²) in [5, 5.41) is 7.33. The number of carbonyl (C=O) groups excluding carboxylic acids is 1. The number of amides is 1. The van der Waals surface area contributed by atoms with Gasteiger partial charge < -0.3 is 14.8 Å². The van der Waals surface area contributed by atoms with Crippen LogP contribution in [-0.2, 0) is 14.8 Å². The molecule has 2 heterocycles. The van der Waals surface area contributed by atoms with E-state index in [0.717, 1.165) is 4.88 Å². The Kier molecular flexibility index (Phi) is 7.92. The number of rotatable bonds is 8. The molecule has 0 fully saturated rings. The molecule has 0 unspecified atom stereocenters. The van der Waals surface area contributed by atoms with Gasteiger partial charge in [-0.25, -0.2) is 8.42 Å². The van der Waals surface area contributed by atoms with E-state index in [4.69, 9.17) is 21.7 Å². The van der Waals surface area contributed by atoms with Gasteiger partial charge in [-0.05, 0) is 54.0 Å². The third kappa shape index (κ3) is 6.97. The predicted molar refractivity (Wildman–Crippen MR) is 130 cm³/mol. The molecule has 0 aliphatic carbocycles. The lowest BCUT2D eigenvalue weighted by Crippen LogP contribution is -2.32. The van der Waals surface area contributed by atoms with Crippen molar-refractivity contribution in [2.24, 2.45) is 0 Å². The molecule has 0 atom stereocenters. The van der Waals surface area contributed by atoms with Crippen LogP contribution in [-0.4, -0.2) is 43.6 Å². The highest BCUT2D eigenvalue weighted by Gasteiger charge is 2.17. The van der Waals surface area contributed by atoms with Crippen molar-refractivity contribution in [2.75, 3.05) is 24.3 Å². The maximum atomic E-state index is 12.7. The second kappa shape index (κ2) is 10.8. The SMILES string of the molecule is COc1cc(NS(=O)(=O)c2ccc(NC(=S)NC(=O)/C=C/c3cccs3)cc2)nc(OC)n1. The molecule has 0 aliphatic heterocycles. The zero-order valence-electron chi connectivity index (χ0n) is 17.4. The highest BCUT2D eigenvalue weighted by Crippen LogP contribution is 2.21. The monoisotopic (exact) mass is 505 g/mol. The molecule has 1 aromatic carbocycles. The van der Waals surface area contributed by atoms with E-state index in [0.29, 0.717) is 5.69 Å². The molecular weight excluding hydrogens is 486 g/mol. The van der Waals surface area contributed by atoms with E-state index in [1.807, 2.05) is 17.5 Å². The molecule has 2 aromatic heterocycles. The number of hydrogen-bond donors (Lipinski definition) is 3. The number of aromatic nitrogens is 2. The molecule has 1 amide bonds. The Balaban J connectivity index is 1.62. The van der Waals surface area contributed by atoms with Gasteiger partial charge in [0.15, 0.2) is 10.9 Å². The van der Waals surface area contributed by atoms with Gasteiger partial charge in [0.1, 0.15) is 0 Å². The van der Waals surface area contributed by atoms with Gasteiger partial charge >= 0.3 is 6.01 Å². The van der Waals surface area contributed by atoms with Gasteiger partial charge in [0, 0.05) is 22.7 Å². The molecule has 0 saturated carbocycles. The standard InChI is InChI=1S/C20H19N5O5S3/c1-29-18-12-16(22-19(24-18)30-2)25-33(27,28)15-8-5-13(6-9-15)21-20(31)23-17(26)10-7-14-4-3-11-32-14/h3-12H,1-2H3,(H,22,24,25)(H2,21,23,26,31)/b10-7+. The lowest BCUT2D eigenvalue weighted by atomic mass is 10.3. The molecular formula is C20H19N5O5S3. The highest BCUT2D eigenvalue weighted by molar-refractivity contribution is 7.92. The number of anilines is 2. The van der Waals surface area contributed by atoms with Crippen LogP contribution >= 0.6 is 23.6 Å². The van der Waals surface area contributed by atoms with E-state index in [1.54, 1.807) is 6.08 Å². The van der Waals surface area contributed by atoms with Crippen molar-refractivity contribution in [1.82, 2.24) is 15.3 Å². The first-order chi connectivity index (χ1) is 15.8. The van der Waals surface area contributed by atoms with Crippen molar-refractivity contribution in [3.05, 3.63) is 58.8 Å². The molecule has 33 heavy (non-hydrogen) atoms. The third-order valence-corrected chi connectivity index (χ3v) is 6.33. The summed E-state index contributed by atoms with van der Waals surface area (Å²) in [7, 11) is -1.21. The quantitative estimate of drug-likeness (QED) is 0.312. The predicted octanol–water partition coefficient (Wildman–Crippen LogP) is 2.88. The van der Waals surface area contributed by atoms with Crippen molar-refractivity contribution < 1.29 is 22.7 Å². The molecule has 172 valence electrons. The summed E-state index contributed by atoms with van der Waals surface area (Å²) in [6.45, 7) is 0. The first kappa shape index (κ1) is 24.1. The first-order valence-corrected chi connectivity index (χ1v) is 12.0. The fourth-order valence-electron chi connectivity index (χ4n) is 2.43. The number of carbonyl (C=O) groups is 1. The Morgan fingerprint density at radius 3 is 2.52 bits per heavy atom. The lowest BCUT2D eigenvalue weighted by Gasteiger charge is -2.11. The maximum absolute atomic E-state index is 12.7. The zero-order chi connectivity index (χ0) is 23.8. The Labute approximate surface area is 199 Å². The summed E-state index contributed by atoms with van der Waals surface area (Å²) < 4.78 is 37.7. The van der Waals surface area contributed by atoms with Gasteiger partial charge in [-0.15, -0.1) is 11.3 Å². The van der Waals surface area contributed by atoms with Gasteiger partial charge in [-0.2, -0.15) is 9.97 Å². The van der Waals surface area contributed by atoms with E-state index < -0.39 is 10.0 Å². The smallest absolute Gasteiger partial charge is 0.321 e. The van der Waals surface area contributed by atoms with E-state index >= 15 is 0 Å². The minimum Gasteiger partial charge on any atom is -0.481 e. The topological polar surface area (TPSA) is 132 Å². The third-order valence-electron chi connectivity index (χ3n) is 3.91. The lowest BCUT2D eigenvalue weighted by molar-refractivity contribution is -0.115. The summed E-state index contributed by atoms with van der Waals surface area (Å²) in [5.74, 6) is -0.264. The highest BCUT2D eigenvalue weighted by atomic mass is 32.2. The van der Waals surface area contributed by atoms with Gasteiger partial charge in [-0.1, -0.05) is 6.07 Å². The van der Waals surface area contributed by atoms with E-state index in [1.165, 1.54) is 62.0 Å². The van der Waals surface area contributed by atoms with Crippen LogP contribution in [0.3, 0.4) is 0 Å². The minimum absolute atomic E-state index is 0.0135. The Bertz CT molecular complexity index is 1240. The van der Waals surface area contributed by atoms with Gasteiger partial charge in [-0.3, -0.25) is 14.8 Å².